The van der Waals surface area contributed by atoms with E-state index in [1.807, 2.05) is 0 Å². The number of halogens is 3. The molecule has 1 rings (SSSR count). The summed E-state index contributed by atoms with van der Waals surface area (Å²) < 4.78 is 0. The molecule has 0 aromatic heterocycles. The Bertz CT molecular complexity index is 333. The molecule has 0 spiro atoms. The smallest absolute Gasteiger partial charge is 0.164 e. The number of ketones is 1. The van der Waals surface area contributed by atoms with Crippen molar-refractivity contribution in [2.75, 3.05) is 0 Å². The summed E-state index contributed by atoms with van der Waals surface area (Å²) in [4.78, 5) is 10.8. The van der Waals surface area contributed by atoms with Gasteiger partial charge in [-0.3, -0.25) is 4.79 Å². The first kappa shape index (κ1) is 9.85. The van der Waals surface area contributed by atoms with Crippen LogP contribution in [0.1, 0.15) is 10.4 Å². The summed E-state index contributed by atoms with van der Waals surface area (Å²) in [5.74, 6) is -0.376. The fourth-order valence-electron chi connectivity index (χ4n) is 0.741. The Morgan fingerprint density at radius 3 is 2.25 bits per heavy atom. The lowest BCUT2D eigenvalue weighted by atomic mass is 10.1. The fourth-order valence-corrected chi connectivity index (χ4v) is 1.38. The summed E-state index contributed by atoms with van der Waals surface area (Å²) in [6.45, 7) is 3.22. The molecule has 0 heterocycles. The minimum Gasteiger partial charge on any atom is -0.294 e. The fraction of sp³-hybridized carbons (Fsp3) is 0. The Morgan fingerprint density at radius 2 is 1.75 bits per heavy atom. The first-order valence-electron chi connectivity index (χ1n) is 3.04. The van der Waals surface area contributed by atoms with Gasteiger partial charge in [0.1, 0.15) is 0 Å². The molecular weight excluding hydrogens is 218 g/mol. The summed E-state index contributed by atoms with van der Waals surface area (Å²) in [6.07, 6.45) is 0. The van der Waals surface area contributed by atoms with Gasteiger partial charge in [0.25, 0.3) is 0 Å². The summed E-state index contributed by atoms with van der Waals surface area (Å²) in [7, 11) is 0. The highest BCUT2D eigenvalue weighted by molar-refractivity contribution is 6.49. The van der Waals surface area contributed by atoms with Gasteiger partial charge in [-0.25, -0.2) is 0 Å². The molecule has 0 atom stereocenters. The zero-order valence-electron chi connectivity index (χ0n) is 5.90. The molecule has 0 unspecified atom stereocenters. The third-order valence-corrected chi connectivity index (χ3v) is 2.63. The highest BCUT2D eigenvalue weighted by Gasteiger charge is 2.11. The zero-order valence-corrected chi connectivity index (χ0v) is 8.17. The molecule has 4 heteroatoms. The van der Waals surface area contributed by atoms with Crippen molar-refractivity contribution >= 4 is 40.6 Å². The third kappa shape index (κ3) is 1.74. The molecule has 0 saturated heterocycles. The van der Waals surface area contributed by atoms with E-state index >= 15 is 0 Å². The molecule has 0 fully saturated rings. The van der Waals surface area contributed by atoms with E-state index in [2.05, 4.69) is 6.92 Å². The van der Waals surface area contributed by atoms with Crippen molar-refractivity contribution in [1.29, 1.82) is 0 Å². The van der Waals surface area contributed by atoms with Crippen LogP contribution in [-0.2, 0) is 0 Å². The molecule has 0 amide bonds. The number of hydrogen-bond donors (Lipinski definition) is 0. The van der Waals surface area contributed by atoms with Crippen LogP contribution in [0.4, 0.5) is 0 Å². The minimum atomic E-state index is -0.376. The first-order chi connectivity index (χ1) is 5.54. The lowest BCUT2D eigenvalue weighted by Gasteiger charge is -2.02. The summed E-state index contributed by atoms with van der Waals surface area (Å²) in [5, 5.41) is 0.670. The van der Waals surface area contributed by atoms with Crippen molar-refractivity contribution in [2.45, 2.75) is 0 Å². The van der Waals surface area contributed by atoms with Gasteiger partial charge in [-0.1, -0.05) is 34.8 Å². The lowest BCUT2D eigenvalue weighted by Crippen LogP contribution is -1.93. The number of benzene rings is 1. The van der Waals surface area contributed by atoms with Crippen molar-refractivity contribution in [3.05, 3.63) is 39.7 Å². The molecule has 1 radical (unpaired) electrons. The van der Waals surface area contributed by atoms with E-state index in [-0.39, 0.29) is 21.4 Å². The number of rotatable bonds is 1. The number of hydrogen-bond acceptors (Lipinski definition) is 1. The van der Waals surface area contributed by atoms with E-state index in [0.717, 1.165) is 0 Å². The second-order valence-electron chi connectivity index (χ2n) is 2.15. The van der Waals surface area contributed by atoms with Crippen LogP contribution in [0.25, 0.3) is 0 Å². The third-order valence-electron chi connectivity index (χ3n) is 1.34. The minimum absolute atomic E-state index is 0.157. The molecular formula is C8H4Cl3O. The van der Waals surface area contributed by atoms with E-state index in [9.17, 15) is 4.79 Å². The maximum Gasteiger partial charge on any atom is 0.164 e. The van der Waals surface area contributed by atoms with Crippen molar-refractivity contribution in [1.82, 2.24) is 0 Å². The largest absolute Gasteiger partial charge is 0.294 e. The molecule has 0 aliphatic heterocycles. The lowest BCUT2D eigenvalue weighted by molar-refractivity contribution is 0.104. The normalized spacial score (nSPS) is 10.0. The van der Waals surface area contributed by atoms with Crippen molar-refractivity contribution in [3.8, 4) is 0 Å². The Kier molecular flexibility index (Phi) is 2.99. The van der Waals surface area contributed by atoms with Crippen LogP contribution in [0.5, 0.6) is 0 Å². The predicted molar refractivity (Wildman–Crippen MR) is 51.2 cm³/mol. The topological polar surface area (TPSA) is 17.1 Å². The Labute approximate surface area is 85.2 Å². The summed E-state index contributed by atoms with van der Waals surface area (Å²) >= 11 is 17.0. The van der Waals surface area contributed by atoms with Crippen LogP contribution in [0, 0.1) is 6.92 Å². The highest BCUT2D eigenvalue weighted by atomic mass is 35.5. The molecule has 0 bridgehead atoms. The van der Waals surface area contributed by atoms with Gasteiger partial charge in [-0.2, -0.15) is 0 Å². The van der Waals surface area contributed by atoms with E-state index in [0.29, 0.717) is 5.02 Å². The van der Waals surface area contributed by atoms with Crippen LogP contribution >= 0.6 is 34.8 Å². The average molecular weight is 222 g/mol. The van der Waals surface area contributed by atoms with Gasteiger partial charge < -0.3 is 0 Å². The van der Waals surface area contributed by atoms with Crippen LogP contribution < -0.4 is 0 Å². The second-order valence-corrected chi connectivity index (χ2v) is 3.31. The quantitative estimate of drug-likeness (QED) is 0.523. The molecule has 0 saturated carbocycles. The van der Waals surface area contributed by atoms with Crippen LogP contribution in [0.15, 0.2) is 12.1 Å². The standard InChI is InChI=1S/C8H4Cl3O/c1-4(12)5-2-3-6(9)8(11)7(5)10/h2-3H,1H2. The van der Waals surface area contributed by atoms with Gasteiger partial charge in [-0.15, -0.1) is 0 Å². The SMILES string of the molecule is [CH2]C(=O)c1ccc(Cl)c(Cl)c1Cl. The van der Waals surface area contributed by atoms with E-state index < -0.39 is 0 Å². The zero-order chi connectivity index (χ0) is 9.30. The molecule has 1 aromatic rings. The van der Waals surface area contributed by atoms with Gasteiger partial charge in [0.05, 0.1) is 15.1 Å². The maximum absolute atomic E-state index is 10.8. The Morgan fingerprint density at radius 1 is 1.17 bits per heavy atom. The number of carbonyl (C=O) groups excluding carboxylic acids is 1. The van der Waals surface area contributed by atoms with E-state index in [1.165, 1.54) is 12.1 Å². The van der Waals surface area contributed by atoms with Crippen molar-refractivity contribution < 1.29 is 4.79 Å². The van der Waals surface area contributed by atoms with Crippen LogP contribution in [0.2, 0.25) is 15.1 Å². The van der Waals surface area contributed by atoms with Crippen molar-refractivity contribution in [2.24, 2.45) is 0 Å². The maximum atomic E-state index is 10.8. The molecule has 12 heavy (non-hydrogen) atoms. The highest BCUT2D eigenvalue weighted by Crippen LogP contribution is 2.32. The monoisotopic (exact) mass is 221 g/mol. The molecule has 0 aliphatic carbocycles. The average Bonchev–Trinajstić information content (AvgIpc) is 2.00. The van der Waals surface area contributed by atoms with E-state index in [1.54, 1.807) is 0 Å². The van der Waals surface area contributed by atoms with E-state index in [4.69, 9.17) is 34.8 Å². The summed E-state index contributed by atoms with van der Waals surface area (Å²) in [5.41, 5.74) is 0.283. The first-order valence-corrected chi connectivity index (χ1v) is 4.17. The predicted octanol–water partition coefficient (Wildman–Crippen LogP) is 3.66. The molecule has 63 valence electrons. The second kappa shape index (κ2) is 3.65. The van der Waals surface area contributed by atoms with Crippen LogP contribution in [-0.4, -0.2) is 5.78 Å². The number of Topliss-reactive ketones (excluding diaryl/α,β-unsaturated/α-hetero) is 1. The van der Waals surface area contributed by atoms with Crippen LogP contribution in [0.3, 0.4) is 0 Å². The Hall–Kier alpha value is -0.240. The molecule has 0 aliphatic rings. The number of carbonyl (C=O) groups is 1. The van der Waals surface area contributed by atoms with Gasteiger partial charge in [-0.05, 0) is 12.1 Å². The molecule has 0 N–H and O–H groups in total. The van der Waals surface area contributed by atoms with Gasteiger partial charge >= 0.3 is 0 Å². The summed E-state index contributed by atoms with van der Waals surface area (Å²) in [6, 6.07) is 3.00. The van der Waals surface area contributed by atoms with Crippen molar-refractivity contribution in [3.63, 3.8) is 0 Å². The van der Waals surface area contributed by atoms with Gasteiger partial charge in [0.2, 0.25) is 0 Å². The van der Waals surface area contributed by atoms with Gasteiger partial charge in [0, 0.05) is 12.5 Å². The molecule has 1 nitrogen and oxygen atoms in total. The van der Waals surface area contributed by atoms with Gasteiger partial charge in [0.15, 0.2) is 5.78 Å². The Balaban J connectivity index is 3.36. The molecule has 1 aromatic carbocycles.